The maximum absolute atomic E-state index is 12.8. The van der Waals surface area contributed by atoms with Crippen LogP contribution in [0.25, 0.3) is 0 Å². The SMILES string of the molecule is O=C(OC1CC2CCC3CCNC3C2CC1OC(=O)c1ccccc1)c1ccccc1. The molecule has 1 saturated heterocycles. The van der Waals surface area contributed by atoms with Crippen molar-refractivity contribution in [3.8, 4) is 0 Å². The molecule has 0 spiro atoms. The monoisotopic (exact) mass is 419 g/mol. The predicted molar refractivity (Wildman–Crippen MR) is 117 cm³/mol. The first-order chi connectivity index (χ1) is 15.2. The summed E-state index contributed by atoms with van der Waals surface area (Å²) in [5.41, 5.74) is 1.05. The average Bonchev–Trinajstić information content (AvgIpc) is 3.30. The van der Waals surface area contributed by atoms with E-state index in [0.29, 0.717) is 29.0 Å². The largest absolute Gasteiger partial charge is 0.455 e. The van der Waals surface area contributed by atoms with E-state index in [1.54, 1.807) is 24.3 Å². The minimum Gasteiger partial charge on any atom is -0.455 e. The molecule has 3 aliphatic rings. The van der Waals surface area contributed by atoms with Gasteiger partial charge in [0.25, 0.3) is 0 Å². The zero-order valence-corrected chi connectivity index (χ0v) is 17.6. The summed E-state index contributed by atoms with van der Waals surface area (Å²) in [6.45, 7) is 1.07. The third kappa shape index (κ3) is 4.24. The summed E-state index contributed by atoms with van der Waals surface area (Å²) in [6.07, 6.45) is 4.26. The van der Waals surface area contributed by atoms with Crippen molar-refractivity contribution >= 4 is 11.9 Å². The fourth-order valence-electron chi connectivity index (χ4n) is 5.85. The Labute approximate surface area is 183 Å². The van der Waals surface area contributed by atoms with E-state index in [-0.39, 0.29) is 11.9 Å². The molecule has 6 atom stereocenters. The molecule has 3 fully saturated rings. The Morgan fingerprint density at radius 1 is 0.710 bits per heavy atom. The molecule has 5 nitrogen and oxygen atoms in total. The van der Waals surface area contributed by atoms with Crippen LogP contribution < -0.4 is 5.32 Å². The van der Waals surface area contributed by atoms with E-state index < -0.39 is 12.2 Å². The lowest BCUT2D eigenvalue weighted by atomic mass is 9.64. The summed E-state index contributed by atoms with van der Waals surface area (Å²) >= 11 is 0. The third-order valence-corrected chi connectivity index (χ3v) is 7.37. The van der Waals surface area contributed by atoms with Gasteiger partial charge in [0.1, 0.15) is 12.2 Å². The van der Waals surface area contributed by atoms with Crippen LogP contribution in [0.4, 0.5) is 0 Å². The maximum Gasteiger partial charge on any atom is 0.338 e. The van der Waals surface area contributed by atoms with E-state index in [4.69, 9.17) is 9.47 Å². The Balaban J connectivity index is 1.36. The molecular formula is C26H29NO4. The van der Waals surface area contributed by atoms with Crippen molar-refractivity contribution in [1.82, 2.24) is 5.32 Å². The molecule has 0 amide bonds. The quantitative estimate of drug-likeness (QED) is 0.751. The highest BCUT2D eigenvalue weighted by atomic mass is 16.6. The molecule has 0 radical (unpaired) electrons. The van der Waals surface area contributed by atoms with Gasteiger partial charge in [-0.1, -0.05) is 36.4 Å². The molecule has 1 aliphatic heterocycles. The van der Waals surface area contributed by atoms with Gasteiger partial charge in [-0.2, -0.15) is 0 Å². The minimum absolute atomic E-state index is 0.350. The molecule has 2 aromatic rings. The number of hydrogen-bond acceptors (Lipinski definition) is 5. The van der Waals surface area contributed by atoms with Crippen LogP contribution in [0.2, 0.25) is 0 Å². The van der Waals surface area contributed by atoms with Gasteiger partial charge in [-0.05, 0) is 80.7 Å². The van der Waals surface area contributed by atoms with Crippen molar-refractivity contribution in [2.24, 2.45) is 17.8 Å². The second-order valence-corrected chi connectivity index (χ2v) is 9.12. The Morgan fingerprint density at radius 3 is 1.87 bits per heavy atom. The lowest BCUT2D eigenvalue weighted by Gasteiger charge is -2.47. The number of carbonyl (C=O) groups is 2. The normalized spacial score (nSPS) is 31.9. The van der Waals surface area contributed by atoms with Gasteiger partial charge in [0, 0.05) is 6.04 Å². The van der Waals surface area contributed by atoms with E-state index in [9.17, 15) is 9.59 Å². The molecule has 2 aromatic carbocycles. The van der Waals surface area contributed by atoms with Gasteiger partial charge >= 0.3 is 11.9 Å². The first-order valence-electron chi connectivity index (χ1n) is 11.4. The van der Waals surface area contributed by atoms with E-state index in [2.05, 4.69) is 5.32 Å². The summed E-state index contributed by atoms with van der Waals surface area (Å²) < 4.78 is 11.9. The van der Waals surface area contributed by atoms with Crippen LogP contribution in [0, 0.1) is 17.8 Å². The third-order valence-electron chi connectivity index (χ3n) is 7.37. The molecule has 2 aliphatic carbocycles. The highest BCUT2D eigenvalue weighted by Crippen LogP contribution is 2.47. The standard InChI is InChI=1S/C26H29NO4/c28-25(18-7-3-1-4-8-18)30-22-15-20-12-11-17-13-14-27-24(17)21(20)16-23(22)31-26(29)19-9-5-2-6-10-19/h1-10,17,20-24,27H,11-16H2. The fraction of sp³-hybridized carbons (Fsp3) is 0.462. The second-order valence-electron chi connectivity index (χ2n) is 9.12. The van der Waals surface area contributed by atoms with E-state index in [1.807, 2.05) is 36.4 Å². The molecule has 5 heteroatoms. The smallest absolute Gasteiger partial charge is 0.338 e. The molecule has 31 heavy (non-hydrogen) atoms. The van der Waals surface area contributed by atoms with Crippen molar-refractivity contribution < 1.29 is 19.1 Å². The highest BCUT2D eigenvalue weighted by molar-refractivity contribution is 5.90. The lowest BCUT2D eigenvalue weighted by molar-refractivity contribution is -0.0876. The molecule has 6 unspecified atom stereocenters. The van der Waals surface area contributed by atoms with Gasteiger partial charge in [-0.15, -0.1) is 0 Å². The van der Waals surface area contributed by atoms with Gasteiger partial charge in [0.2, 0.25) is 0 Å². The van der Waals surface area contributed by atoms with Crippen molar-refractivity contribution in [3.63, 3.8) is 0 Å². The van der Waals surface area contributed by atoms with Gasteiger partial charge < -0.3 is 14.8 Å². The minimum atomic E-state index is -0.428. The predicted octanol–water partition coefficient (Wildman–Crippen LogP) is 4.24. The second kappa shape index (κ2) is 8.83. The molecule has 2 saturated carbocycles. The first-order valence-corrected chi connectivity index (χ1v) is 11.4. The number of carbonyl (C=O) groups excluding carboxylic acids is 2. The van der Waals surface area contributed by atoms with E-state index in [1.165, 1.54) is 12.8 Å². The van der Waals surface area contributed by atoms with Crippen LogP contribution in [-0.2, 0) is 9.47 Å². The molecule has 5 rings (SSSR count). The number of nitrogens with one attached hydrogen (secondary N) is 1. The summed E-state index contributed by atoms with van der Waals surface area (Å²) in [6, 6.07) is 18.6. The molecule has 162 valence electrons. The van der Waals surface area contributed by atoms with Gasteiger partial charge in [-0.25, -0.2) is 9.59 Å². The van der Waals surface area contributed by atoms with Gasteiger partial charge in [0.15, 0.2) is 0 Å². The van der Waals surface area contributed by atoms with Crippen molar-refractivity contribution in [2.45, 2.75) is 50.4 Å². The number of ether oxygens (including phenoxy) is 2. The van der Waals surface area contributed by atoms with Crippen molar-refractivity contribution in [1.29, 1.82) is 0 Å². The van der Waals surface area contributed by atoms with E-state index >= 15 is 0 Å². The van der Waals surface area contributed by atoms with Gasteiger partial charge in [-0.3, -0.25) is 0 Å². The molecule has 1 N–H and O–H groups in total. The maximum atomic E-state index is 12.8. The summed E-state index contributed by atoms with van der Waals surface area (Å²) in [5.74, 6) is 0.970. The summed E-state index contributed by atoms with van der Waals surface area (Å²) in [7, 11) is 0. The van der Waals surface area contributed by atoms with Crippen LogP contribution in [0.15, 0.2) is 60.7 Å². The number of esters is 2. The topological polar surface area (TPSA) is 64.6 Å². The van der Waals surface area contributed by atoms with Crippen LogP contribution in [0.3, 0.4) is 0 Å². The van der Waals surface area contributed by atoms with Crippen molar-refractivity contribution in [3.05, 3.63) is 71.8 Å². The number of hydrogen-bond donors (Lipinski definition) is 1. The lowest BCUT2D eigenvalue weighted by Crippen LogP contribution is -2.52. The number of rotatable bonds is 4. The van der Waals surface area contributed by atoms with Crippen LogP contribution in [0.1, 0.15) is 52.8 Å². The highest BCUT2D eigenvalue weighted by Gasteiger charge is 2.49. The number of benzene rings is 2. The van der Waals surface area contributed by atoms with Crippen LogP contribution in [0.5, 0.6) is 0 Å². The zero-order chi connectivity index (χ0) is 21.2. The van der Waals surface area contributed by atoms with Crippen molar-refractivity contribution in [2.75, 3.05) is 6.54 Å². The Bertz CT molecular complexity index is 916. The number of fused-ring (bicyclic) bond motifs is 3. The molecule has 0 aromatic heterocycles. The first kappa shape index (κ1) is 20.3. The summed E-state index contributed by atoms with van der Waals surface area (Å²) in [4.78, 5) is 25.6. The fourth-order valence-corrected chi connectivity index (χ4v) is 5.85. The summed E-state index contributed by atoms with van der Waals surface area (Å²) in [5, 5.41) is 3.70. The Kier molecular flexibility index (Phi) is 5.77. The molecule has 1 heterocycles. The van der Waals surface area contributed by atoms with E-state index in [0.717, 1.165) is 31.7 Å². The van der Waals surface area contributed by atoms with Gasteiger partial charge in [0.05, 0.1) is 11.1 Å². The molecular weight excluding hydrogens is 390 g/mol. The van der Waals surface area contributed by atoms with Crippen LogP contribution in [-0.4, -0.2) is 36.7 Å². The van der Waals surface area contributed by atoms with Crippen LogP contribution >= 0.6 is 0 Å². The molecule has 0 bridgehead atoms. The Morgan fingerprint density at radius 2 is 1.26 bits per heavy atom. The average molecular weight is 420 g/mol. The Hall–Kier alpha value is -2.66. The zero-order valence-electron chi connectivity index (χ0n) is 17.6.